The maximum absolute atomic E-state index is 9.60. The fourth-order valence-electron chi connectivity index (χ4n) is 3.22. The predicted octanol–water partition coefficient (Wildman–Crippen LogP) is 3.95. The van der Waals surface area contributed by atoms with Crippen LogP contribution in [0.2, 0.25) is 0 Å². The van der Waals surface area contributed by atoms with Crippen LogP contribution < -0.4 is 10.3 Å². The van der Waals surface area contributed by atoms with Crippen molar-refractivity contribution in [2.75, 3.05) is 7.11 Å². The molecule has 0 aliphatic carbocycles. The molecule has 0 saturated heterocycles. The lowest BCUT2D eigenvalue weighted by atomic mass is 9.96. The molecule has 2 heterocycles. The zero-order chi connectivity index (χ0) is 17.6. The number of aryl methyl sites for hydroxylation is 1. The van der Waals surface area contributed by atoms with E-state index >= 15 is 0 Å². The first-order valence-corrected chi connectivity index (χ1v) is 7.78. The third kappa shape index (κ3) is 2.19. The van der Waals surface area contributed by atoms with Gasteiger partial charge in [-0.1, -0.05) is 12.1 Å². The van der Waals surface area contributed by atoms with Gasteiger partial charge in [-0.15, -0.1) is 0 Å². The minimum atomic E-state index is -0.135. The van der Waals surface area contributed by atoms with Crippen LogP contribution in [0.15, 0.2) is 53.1 Å². The fraction of sp³-hybridized carbons (Fsp3) is 0.100. The molecule has 0 unspecified atom stereocenters. The molecule has 1 N–H and O–H groups in total. The molecule has 2 aromatic heterocycles. The van der Waals surface area contributed by atoms with E-state index in [0.29, 0.717) is 16.9 Å². The Labute approximate surface area is 143 Å². The van der Waals surface area contributed by atoms with Gasteiger partial charge in [-0.2, -0.15) is 5.26 Å². The quantitative estimate of drug-likeness (QED) is 0.605. The van der Waals surface area contributed by atoms with Crippen molar-refractivity contribution >= 4 is 21.9 Å². The maximum atomic E-state index is 9.60. The number of aromatic nitrogens is 1. The van der Waals surface area contributed by atoms with Crippen LogP contribution in [-0.2, 0) is 7.05 Å². The SMILES string of the molecule is COc1cccc(-c2c(C#N)c(=N)oc3c2ccc2c3ccn2C)c1. The van der Waals surface area contributed by atoms with Crippen molar-refractivity contribution in [1.29, 1.82) is 10.7 Å². The first kappa shape index (κ1) is 15.0. The minimum absolute atomic E-state index is 0.135. The molecule has 0 atom stereocenters. The van der Waals surface area contributed by atoms with Crippen molar-refractivity contribution in [3.8, 4) is 22.9 Å². The molecular formula is C20H15N3O2. The molecule has 5 nitrogen and oxygen atoms in total. The number of rotatable bonds is 2. The molecule has 0 aliphatic rings. The average molecular weight is 329 g/mol. The number of methoxy groups -OCH3 is 1. The maximum Gasteiger partial charge on any atom is 0.230 e. The number of nitriles is 1. The summed E-state index contributed by atoms with van der Waals surface area (Å²) in [4.78, 5) is 0. The summed E-state index contributed by atoms with van der Waals surface area (Å²) in [6.45, 7) is 0. The van der Waals surface area contributed by atoms with E-state index in [0.717, 1.165) is 21.9 Å². The van der Waals surface area contributed by atoms with Crippen LogP contribution in [0.4, 0.5) is 0 Å². The van der Waals surface area contributed by atoms with Gasteiger partial charge in [0, 0.05) is 29.6 Å². The van der Waals surface area contributed by atoms with E-state index in [-0.39, 0.29) is 11.1 Å². The molecule has 0 saturated carbocycles. The van der Waals surface area contributed by atoms with E-state index in [1.54, 1.807) is 7.11 Å². The highest BCUT2D eigenvalue weighted by molar-refractivity contribution is 6.09. The van der Waals surface area contributed by atoms with Crippen molar-refractivity contribution in [1.82, 2.24) is 4.57 Å². The Hall–Kier alpha value is -3.52. The largest absolute Gasteiger partial charge is 0.497 e. The molecule has 0 aliphatic heterocycles. The topological polar surface area (TPSA) is 74.9 Å². The van der Waals surface area contributed by atoms with Crippen LogP contribution in [0.1, 0.15) is 5.56 Å². The molecule has 0 radical (unpaired) electrons. The van der Waals surface area contributed by atoms with Gasteiger partial charge < -0.3 is 13.7 Å². The van der Waals surface area contributed by atoms with Crippen molar-refractivity contribution in [2.45, 2.75) is 0 Å². The number of benzene rings is 2. The van der Waals surface area contributed by atoms with Crippen LogP contribution in [0.5, 0.6) is 5.75 Å². The third-order valence-corrected chi connectivity index (χ3v) is 4.44. The summed E-state index contributed by atoms with van der Waals surface area (Å²) in [7, 11) is 3.56. The van der Waals surface area contributed by atoms with Gasteiger partial charge >= 0.3 is 0 Å². The van der Waals surface area contributed by atoms with E-state index in [4.69, 9.17) is 14.6 Å². The third-order valence-electron chi connectivity index (χ3n) is 4.44. The van der Waals surface area contributed by atoms with Gasteiger partial charge in [0.2, 0.25) is 5.55 Å². The molecule has 4 aromatic rings. The minimum Gasteiger partial charge on any atom is -0.497 e. The second-order valence-electron chi connectivity index (χ2n) is 5.83. The lowest BCUT2D eigenvalue weighted by Crippen LogP contribution is -2.07. The van der Waals surface area contributed by atoms with Gasteiger partial charge in [0.25, 0.3) is 0 Å². The lowest BCUT2D eigenvalue weighted by Gasteiger charge is -2.11. The Balaban J connectivity index is 2.19. The first-order chi connectivity index (χ1) is 12.1. The van der Waals surface area contributed by atoms with Gasteiger partial charge in [-0.3, -0.25) is 5.41 Å². The molecular weight excluding hydrogens is 314 g/mol. The first-order valence-electron chi connectivity index (χ1n) is 7.78. The second kappa shape index (κ2) is 5.53. The fourth-order valence-corrected chi connectivity index (χ4v) is 3.22. The number of fused-ring (bicyclic) bond motifs is 3. The number of nitrogens with zero attached hydrogens (tertiary/aromatic N) is 2. The van der Waals surface area contributed by atoms with E-state index in [1.807, 2.05) is 60.3 Å². The zero-order valence-electron chi connectivity index (χ0n) is 13.8. The van der Waals surface area contributed by atoms with E-state index in [9.17, 15) is 5.26 Å². The smallest absolute Gasteiger partial charge is 0.230 e. The summed E-state index contributed by atoms with van der Waals surface area (Å²) in [5, 5.41) is 19.5. The van der Waals surface area contributed by atoms with Gasteiger partial charge in [-0.05, 0) is 35.9 Å². The molecule has 25 heavy (non-hydrogen) atoms. The van der Waals surface area contributed by atoms with E-state index in [1.165, 1.54) is 0 Å². The highest BCUT2D eigenvalue weighted by Crippen LogP contribution is 2.35. The van der Waals surface area contributed by atoms with Crippen molar-refractivity contribution in [3.05, 3.63) is 59.8 Å². The number of hydrogen-bond donors (Lipinski definition) is 1. The summed E-state index contributed by atoms with van der Waals surface area (Å²) in [6, 6.07) is 15.5. The van der Waals surface area contributed by atoms with Gasteiger partial charge in [0.1, 0.15) is 23.0 Å². The predicted molar refractivity (Wildman–Crippen MR) is 95.2 cm³/mol. The Kier molecular flexibility index (Phi) is 3.33. The normalized spacial score (nSPS) is 10.9. The zero-order valence-corrected chi connectivity index (χ0v) is 13.8. The van der Waals surface area contributed by atoms with Crippen molar-refractivity contribution in [3.63, 3.8) is 0 Å². The Morgan fingerprint density at radius 2 is 2.00 bits per heavy atom. The van der Waals surface area contributed by atoms with Crippen LogP contribution in [0, 0.1) is 16.7 Å². The average Bonchev–Trinajstić information content (AvgIpc) is 3.02. The van der Waals surface area contributed by atoms with Crippen LogP contribution in [-0.4, -0.2) is 11.7 Å². The summed E-state index contributed by atoms with van der Waals surface area (Å²) in [5.74, 6) is 0.697. The van der Waals surface area contributed by atoms with Crippen LogP contribution >= 0.6 is 0 Å². The van der Waals surface area contributed by atoms with Gasteiger partial charge in [-0.25, -0.2) is 0 Å². The summed E-state index contributed by atoms with van der Waals surface area (Å²) in [5.41, 5.74) is 3.22. The Bertz CT molecular complexity index is 1230. The van der Waals surface area contributed by atoms with Gasteiger partial charge in [0.15, 0.2) is 0 Å². The van der Waals surface area contributed by atoms with Gasteiger partial charge in [0.05, 0.1) is 12.6 Å². The molecule has 4 rings (SSSR count). The number of nitrogens with one attached hydrogen (secondary N) is 1. The van der Waals surface area contributed by atoms with Crippen LogP contribution in [0.3, 0.4) is 0 Å². The summed E-state index contributed by atoms with van der Waals surface area (Å²) < 4.78 is 13.0. The lowest BCUT2D eigenvalue weighted by molar-refractivity contribution is 0.415. The molecule has 5 heteroatoms. The highest BCUT2D eigenvalue weighted by Gasteiger charge is 2.17. The molecule has 122 valence electrons. The van der Waals surface area contributed by atoms with E-state index in [2.05, 4.69) is 6.07 Å². The molecule has 2 aromatic carbocycles. The molecule has 0 amide bonds. The molecule has 0 bridgehead atoms. The Morgan fingerprint density at radius 1 is 1.16 bits per heavy atom. The Morgan fingerprint density at radius 3 is 2.76 bits per heavy atom. The van der Waals surface area contributed by atoms with Crippen molar-refractivity contribution in [2.24, 2.45) is 7.05 Å². The van der Waals surface area contributed by atoms with E-state index < -0.39 is 0 Å². The van der Waals surface area contributed by atoms with Crippen molar-refractivity contribution < 1.29 is 9.15 Å². The molecule has 0 fully saturated rings. The highest BCUT2D eigenvalue weighted by atomic mass is 16.5. The number of ether oxygens (including phenoxy) is 1. The monoisotopic (exact) mass is 329 g/mol. The molecule has 0 spiro atoms. The number of hydrogen-bond acceptors (Lipinski definition) is 4. The summed E-state index contributed by atoms with van der Waals surface area (Å²) >= 11 is 0. The second-order valence-corrected chi connectivity index (χ2v) is 5.83. The van der Waals surface area contributed by atoms with Crippen LogP contribution in [0.25, 0.3) is 33.0 Å². The standard InChI is InChI=1S/C20H15N3O2/c1-23-9-8-14-17(23)7-6-15-18(12-4-3-5-13(10-12)24-2)16(11-21)20(22)25-19(14)15/h3-10,22H,1-2H3. The summed E-state index contributed by atoms with van der Waals surface area (Å²) in [6.07, 6.45) is 1.95.